The highest BCUT2D eigenvalue weighted by molar-refractivity contribution is 5.77. The molecule has 0 fully saturated rings. The van der Waals surface area contributed by atoms with Gasteiger partial charge in [0.25, 0.3) is 0 Å². The molecule has 0 aromatic carbocycles. The summed E-state index contributed by atoms with van der Waals surface area (Å²) in [6.07, 6.45) is 1.56. The first-order valence-corrected chi connectivity index (χ1v) is 3.88. The van der Waals surface area contributed by atoms with Crippen LogP contribution < -0.4 is 0 Å². The minimum absolute atomic E-state index is 0.233. The lowest BCUT2D eigenvalue weighted by Crippen LogP contribution is -2.26. The summed E-state index contributed by atoms with van der Waals surface area (Å²) < 4.78 is 9.37. The fourth-order valence-electron chi connectivity index (χ4n) is 0.680. The third-order valence-corrected chi connectivity index (χ3v) is 1.28. The van der Waals surface area contributed by atoms with Crippen molar-refractivity contribution in [2.45, 2.75) is 6.04 Å². The summed E-state index contributed by atoms with van der Waals surface area (Å²) >= 11 is 0. The number of carbonyl (C=O) groups excluding carboxylic acids is 1. The van der Waals surface area contributed by atoms with Crippen molar-refractivity contribution in [3.63, 3.8) is 0 Å². The molecule has 0 radical (unpaired) electrons. The molecular weight excluding hydrogens is 172 g/mol. The molecule has 1 unspecified atom stereocenters. The van der Waals surface area contributed by atoms with Crippen LogP contribution in [0, 0.1) is 0 Å². The van der Waals surface area contributed by atoms with Crippen molar-refractivity contribution in [1.82, 2.24) is 4.90 Å². The van der Waals surface area contributed by atoms with Crippen molar-refractivity contribution >= 4 is 12.3 Å². The molecule has 0 aromatic rings. The maximum atomic E-state index is 11.1. The number of carbonyl (C=O) groups is 1. The molecule has 0 saturated heterocycles. The minimum Gasteiger partial charge on any atom is -0.467 e. The van der Waals surface area contributed by atoms with E-state index >= 15 is 0 Å². The lowest BCUT2D eigenvalue weighted by Gasteiger charge is -2.10. The van der Waals surface area contributed by atoms with E-state index in [0.29, 0.717) is 0 Å². The number of nitrogens with zero attached hydrogens (tertiary/aromatic N) is 2. The fraction of sp³-hybridized carbons (Fsp3) is 0.750. The molecule has 0 aliphatic heterocycles. The van der Waals surface area contributed by atoms with Crippen molar-refractivity contribution in [3.8, 4) is 0 Å². The molecule has 0 heterocycles. The second kappa shape index (κ2) is 6.42. The molecule has 0 saturated carbocycles. The molecule has 0 N–H and O–H groups in total. The summed E-state index contributed by atoms with van der Waals surface area (Å²) in [4.78, 5) is 16.8. The topological polar surface area (TPSA) is 51.1 Å². The van der Waals surface area contributed by atoms with Gasteiger partial charge < -0.3 is 14.4 Å². The number of hydrogen-bond donors (Lipinski definition) is 0. The molecular formula is C8H16N2O3. The predicted octanol–water partition coefficient (Wildman–Crippen LogP) is -0.236. The molecule has 13 heavy (non-hydrogen) atoms. The Bertz CT molecular complexity index is 180. The van der Waals surface area contributed by atoms with Crippen LogP contribution in [-0.2, 0) is 14.3 Å². The van der Waals surface area contributed by atoms with E-state index in [0.717, 1.165) is 0 Å². The average molecular weight is 188 g/mol. The van der Waals surface area contributed by atoms with Crippen LogP contribution in [0.3, 0.4) is 0 Å². The standard InChI is InChI=1S/C8H16N2O3/c1-10(2)6-9-7(5-12-3)8(11)13-4/h6-7H,5H2,1-4H3. The maximum absolute atomic E-state index is 11.1. The second-order valence-electron chi connectivity index (χ2n) is 2.72. The molecule has 0 bridgehead atoms. The first-order valence-electron chi connectivity index (χ1n) is 3.88. The normalized spacial score (nSPS) is 12.9. The van der Waals surface area contributed by atoms with Crippen LogP contribution >= 0.6 is 0 Å². The Kier molecular flexibility index (Phi) is 5.88. The van der Waals surface area contributed by atoms with Gasteiger partial charge in [0, 0.05) is 21.2 Å². The Balaban J connectivity index is 4.16. The molecule has 5 heteroatoms. The van der Waals surface area contributed by atoms with Crippen LogP contribution in [0.1, 0.15) is 0 Å². The van der Waals surface area contributed by atoms with E-state index < -0.39 is 6.04 Å². The Morgan fingerprint density at radius 1 is 1.54 bits per heavy atom. The van der Waals surface area contributed by atoms with Crippen LogP contribution in [-0.4, -0.2) is 58.2 Å². The predicted molar refractivity (Wildman–Crippen MR) is 49.9 cm³/mol. The molecule has 0 amide bonds. The van der Waals surface area contributed by atoms with E-state index in [1.807, 2.05) is 14.1 Å². The van der Waals surface area contributed by atoms with E-state index in [4.69, 9.17) is 4.74 Å². The van der Waals surface area contributed by atoms with Gasteiger partial charge in [0.15, 0.2) is 6.04 Å². The van der Waals surface area contributed by atoms with Crippen LogP contribution in [0.5, 0.6) is 0 Å². The number of rotatable bonds is 5. The Morgan fingerprint density at radius 2 is 2.15 bits per heavy atom. The van der Waals surface area contributed by atoms with Gasteiger partial charge in [0.1, 0.15) is 0 Å². The number of ether oxygens (including phenoxy) is 2. The van der Waals surface area contributed by atoms with Gasteiger partial charge in [-0.3, -0.25) is 4.99 Å². The minimum atomic E-state index is -0.572. The Labute approximate surface area is 78.3 Å². The monoisotopic (exact) mass is 188 g/mol. The zero-order valence-electron chi connectivity index (χ0n) is 8.48. The van der Waals surface area contributed by atoms with Crippen LogP contribution in [0.4, 0.5) is 0 Å². The number of aliphatic imine (C=N–C) groups is 1. The summed E-state index contributed by atoms with van der Waals surface area (Å²) in [6, 6.07) is -0.572. The summed E-state index contributed by atoms with van der Waals surface area (Å²) in [5.41, 5.74) is 0. The summed E-state index contributed by atoms with van der Waals surface area (Å²) in [5.74, 6) is -0.389. The second-order valence-corrected chi connectivity index (χ2v) is 2.72. The first kappa shape index (κ1) is 11.9. The highest BCUT2D eigenvalue weighted by Crippen LogP contribution is 1.94. The van der Waals surface area contributed by atoms with Gasteiger partial charge >= 0.3 is 5.97 Å². The van der Waals surface area contributed by atoms with Crippen molar-refractivity contribution in [1.29, 1.82) is 0 Å². The molecule has 0 spiro atoms. The zero-order valence-corrected chi connectivity index (χ0v) is 8.48. The van der Waals surface area contributed by atoms with Crippen LogP contribution in [0.2, 0.25) is 0 Å². The van der Waals surface area contributed by atoms with Gasteiger partial charge in [0.2, 0.25) is 0 Å². The van der Waals surface area contributed by atoms with E-state index in [1.165, 1.54) is 14.2 Å². The molecule has 0 rings (SSSR count). The quantitative estimate of drug-likeness (QED) is 0.339. The van der Waals surface area contributed by atoms with Crippen molar-refractivity contribution < 1.29 is 14.3 Å². The summed E-state index contributed by atoms with van der Waals surface area (Å²) in [7, 11) is 6.49. The van der Waals surface area contributed by atoms with E-state index in [-0.39, 0.29) is 12.6 Å². The van der Waals surface area contributed by atoms with Crippen molar-refractivity contribution in [2.75, 3.05) is 34.9 Å². The van der Waals surface area contributed by atoms with E-state index in [9.17, 15) is 4.79 Å². The largest absolute Gasteiger partial charge is 0.467 e. The smallest absolute Gasteiger partial charge is 0.333 e. The van der Waals surface area contributed by atoms with Crippen molar-refractivity contribution in [2.24, 2.45) is 4.99 Å². The molecule has 5 nitrogen and oxygen atoms in total. The van der Waals surface area contributed by atoms with E-state index in [2.05, 4.69) is 9.73 Å². The van der Waals surface area contributed by atoms with Crippen LogP contribution in [0.15, 0.2) is 4.99 Å². The number of esters is 1. The molecule has 1 atom stereocenters. The molecule has 0 aliphatic rings. The van der Waals surface area contributed by atoms with E-state index in [1.54, 1.807) is 11.2 Å². The number of methoxy groups -OCH3 is 2. The third kappa shape index (κ3) is 5.19. The van der Waals surface area contributed by atoms with Gasteiger partial charge in [0.05, 0.1) is 20.1 Å². The van der Waals surface area contributed by atoms with Crippen molar-refractivity contribution in [3.05, 3.63) is 0 Å². The van der Waals surface area contributed by atoms with Gasteiger partial charge in [-0.1, -0.05) is 0 Å². The fourth-order valence-corrected chi connectivity index (χ4v) is 0.680. The number of hydrogen-bond acceptors (Lipinski definition) is 4. The maximum Gasteiger partial charge on any atom is 0.333 e. The molecule has 76 valence electrons. The zero-order chi connectivity index (χ0) is 10.3. The average Bonchev–Trinajstić information content (AvgIpc) is 2.10. The lowest BCUT2D eigenvalue weighted by atomic mass is 10.3. The SMILES string of the molecule is COCC(N=CN(C)C)C(=O)OC. The lowest BCUT2D eigenvalue weighted by molar-refractivity contribution is -0.143. The third-order valence-electron chi connectivity index (χ3n) is 1.28. The van der Waals surface area contributed by atoms with Gasteiger partial charge in [-0.15, -0.1) is 0 Å². The highest BCUT2D eigenvalue weighted by atomic mass is 16.5. The van der Waals surface area contributed by atoms with Gasteiger partial charge in [-0.2, -0.15) is 0 Å². The Hall–Kier alpha value is -1.10. The van der Waals surface area contributed by atoms with Crippen LogP contribution in [0.25, 0.3) is 0 Å². The van der Waals surface area contributed by atoms with Gasteiger partial charge in [-0.05, 0) is 0 Å². The summed E-state index contributed by atoms with van der Waals surface area (Å²) in [5, 5.41) is 0. The first-order chi connectivity index (χ1) is 6.11. The summed E-state index contributed by atoms with van der Waals surface area (Å²) in [6.45, 7) is 0.233. The molecule has 0 aromatic heterocycles. The Morgan fingerprint density at radius 3 is 2.54 bits per heavy atom. The van der Waals surface area contributed by atoms with Gasteiger partial charge in [-0.25, -0.2) is 4.79 Å². The molecule has 0 aliphatic carbocycles. The highest BCUT2D eigenvalue weighted by Gasteiger charge is 2.16.